The zero-order chi connectivity index (χ0) is 24.8. The minimum Gasteiger partial charge on any atom is -0.414 e. The fraction of sp³-hybridized carbons (Fsp3) is 0.556. The summed E-state index contributed by atoms with van der Waals surface area (Å²) in [6.45, 7) is 12.0. The molecule has 6 nitrogen and oxygen atoms in total. The van der Waals surface area contributed by atoms with Gasteiger partial charge >= 0.3 is 0 Å². The van der Waals surface area contributed by atoms with Gasteiger partial charge in [-0.2, -0.15) is 0 Å². The van der Waals surface area contributed by atoms with E-state index in [1.165, 1.54) is 0 Å². The Hall–Kier alpha value is -1.58. The van der Waals surface area contributed by atoms with Crippen LogP contribution >= 0.6 is 0 Å². The van der Waals surface area contributed by atoms with E-state index in [1.54, 1.807) is 7.11 Å². The summed E-state index contributed by atoms with van der Waals surface area (Å²) in [5, 5.41) is 10.9. The maximum Gasteiger partial charge on any atom is 0.192 e. The van der Waals surface area contributed by atoms with Gasteiger partial charge in [-0.1, -0.05) is 81.4 Å². The van der Waals surface area contributed by atoms with Crippen molar-refractivity contribution in [1.29, 1.82) is 0 Å². The van der Waals surface area contributed by atoms with Gasteiger partial charge < -0.3 is 28.5 Å². The smallest absolute Gasteiger partial charge is 0.192 e. The Morgan fingerprint density at radius 3 is 1.79 bits per heavy atom. The Kier molecular flexibility index (Phi) is 9.46. The lowest BCUT2D eigenvalue weighted by Crippen LogP contribution is -2.61. The second kappa shape index (κ2) is 11.9. The van der Waals surface area contributed by atoms with E-state index >= 15 is 0 Å². The third-order valence-electron chi connectivity index (χ3n) is 6.87. The maximum atomic E-state index is 10.9. The molecule has 1 aliphatic heterocycles. The summed E-state index contributed by atoms with van der Waals surface area (Å²) >= 11 is 0. The molecule has 1 aliphatic rings. The molecule has 0 amide bonds. The summed E-state index contributed by atoms with van der Waals surface area (Å²) in [7, 11) is -0.408. The normalized spacial score (nSPS) is 25.9. The van der Waals surface area contributed by atoms with Gasteiger partial charge in [0, 0.05) is 7.11 Å². The van der Waals surface area contributed by atoms with Crippen LogP contribution in [0.1, 0.15) is 31.9 Å². The molecule has 1 N–H and O–H groups in total. The van der Waals surface area contributed by atoms with Gasteiger partial charge in [0.05, 0.1) is 19.8 Å². The molecule has 0 aliphatic carbocycles. The topological polar surface area (TPSA) is 66.4 Å². The summed E-state index contributed by atoms with van der Waals surface area (Å²) in [6.07, 6.45) is -3.34. The molecule has 7 heteroatoms. The Labute approximate surface area is 205 Å². The number of methoxy groups -OCH3 is 1. The highest BCUT2D eigenvalue weighted by atomic mass is 28.4. The Morgan fingerprint density at radius 2 is 1.32 bits per heavy atom. The zero-order valence-electron chi connectivity index (χ0n) is 21.3. The standard InChI is InChI=1S/C27H40O6Si/c1-27(2,3)34(5,6)32-19-22-23(30-17-20-13-9-7-10-14-20)24(29-4)25(26(28)33-22)31-18-21-15-11-8-12-16-21/h7-16,22-26,28H,17-19H2,1-6H3/t22-,23+,24+,25-,26-/m1/s1. The van der Waals surface area contributed by atoms with Crippen LogP contribution < -0.4 is 0 Å². The van der Waals surface area contributed by atoms with Crippen LogP contribution in [0.15, 0.2) is 60.7 Å². The third kappa shape index (κ3) is 6.98. The molecule has 0 radical (unpaired) electrons. The Bertz CT molecular complexity index is 854. The Balaban J connectivity index is 1.77. The Morgan fingerprint density at radius 1 is 0.824 bits per heavy atom. The van der Waals surface area contributed by atoms with Crippen LogP contribution in [0.4, 0.5) is 0 Å². The average Bonchev–Trinajstić information content (AvgIpc) is 2.81. The van der Waals surface area contributed by atoms with E-state index in [-0.39, 0.29) is 5.04 Å². The molecule has 1 fully saturated rings. The highest BCUT2D eigenvalue weighted by Crippen LogP contribution is 2.37. The predicted octanol–water partition coefficient (Wildman–Crippen LogP) is 4.91. The molecule has 2 aromatic rings. The summed E-state index contributed by atoms with van der Waals surface area (Å²) in [6, 6.07) is 19.8. The fourth-order valence-corrected chi connectivity index (χ4v) is 4.73. The number of aliphatic hydroxyl groups is 1. The van der Waals surface area contributed by atoms with Crippen LogP contribution in [0.3, 0.4) is 0 Å². The molecule has 0 aromatic heterocycles. The quantitative estimate of drug-likeness (QED) is 0.479. The molecule has 1 saturated heterocycles. The molecule has 0 saturated carbocycles. The molecule has 5 atom stereocenters. The van der Waals surface area contributed by atoms with Crippen LogP contribution in [-0.2, 0) is 36.6 Å². The van der Waals surface area contributed by atoms with Gasteiger partial charge in [0.25, 0.3) is 0 Å². The van der Waals surface area contributed by atoms with E-state index in [9.17, 15) is 5.11 Å². The van der Waals surface area contributed by atoms with Crippen molar-refractivity contribution in [2.24, 2.45) is 0 Å². The van der Waals surface area contributed by atoms with E-state index < -0.39 is 39.0 Å². The van der Waals surface area contributed by atoms with Gasteiger partial charge in [-0.3, -0.25) is 0 Å². The first-order valence-corrected chi connectivity index (χ1v) is 14.8. The second-order valence-electron chi connectivity index (χ2n) is 10.4. The van der Waals surface area contributed by atoms with Crippen LogP contribution in [0.5, 0.6) is 0 Å². The van der Waals surface area contributed by atoms with Crippen molar-refractivity contribution in [3.63, 3.8) is 0 Å². The molecule has 0 unspecified atom stereocenters. The molecular formula is C27H40O6Si. The maximum absolute atomic E-state index is 10.9. The van der Waals surface area contributed by atoms with E-state index in [0.717, 1.165) is 11.1 Å². The van der Waals surface area contributed by atoms with Crippen molar-refractivity contribution in [3.8, 4) is 0 Å². The zero-order valence-corrected chi connectivity index (χ0v) is 22.3. The number of aliphatic hydroxyl groups excluding tert-OH is 1. The summed E-state index contributed by atoms with van der Waals surface area (Å²) in [4.78, 5) is 0. The molecule has 188 valence electrons. The summed E-state index contributed by atoms with van der Waals surface area (Å²) in [5.74, 6) is 0. The van der Waals surface area contributed by atoms with Crippen molar-refractivity contribution in [2.75, 3.05) is 13.7 Å². The van der Waals surface area contributed by atoms with Gasteiger partial charge in [-0.15, -0.1) is 0 Å². The first-order valence-electron chi connectivity index (χ1n) is 11.9. The van der Waals surface area contributed by atoms with Gasteiger partial charge in [0.1, 0.15) is 24.4 Å². The van der Waals surface area contributed by atoms with E-state index in [2.05, 4.69) is 33.9 Å². The number of benzene rings is 2. The van der Waals surface area contributed by atoms with Crippen molar-refractivity contribution in [1.82, 2.24) is 0 Å². The summed E-state index contributed by atoms with van der Waals surface area (Å²) in [5.41, 5.74) is 2.06. The third-order valence-corrected chi connectivity index (χ3v) is 11.4. The van der Waals surface area contributed by atoms with Crippen molar-refractivity contribution >= 4 is 8.32 Å². The van der Waals surface area contributed by atoms with Crippen molar-refractivity contribution in [3.05, 3.63) is 71.8 Å². The summed E-state index contributed by atoms with van der Waals surface area (Å²) < 4.78 is 30.8. The molecular weight excluding hydrogens is 448 g/mol. The molecule has 1 heterocycles. The molecule has 0 bridgehead atoms. The first kappa shape index (κ1) is 27.0. The SMILES string of the molecule is CO[C@@H]1[C@@H](OCc2ccccc2)[C@H](O)O[C@H](CO[Si](C)(C)C(C)(C)C)[C@@H]1OCc1ccccc1. The first-order chi connectivity index (χ1) is 16.1. The van der Waals surface area contributed by atoms with Crippen molar-refractivity contribution < 1.29 is 28.5 Å². The van der Waals surface area contributed by atoms with Gasteiger partial charge in [0.15, 0.2) is 14.6 Å². The fourth-order valence-electron chi connectivity index (χ4n) is 3.72. The van der Waals surface area contributed by atoms with E-state index in [1.807, 2.05) is 60.7 Å². The number of hydrogen-bond donors (Lipinski definition) is 1. The van der Waals surface area contributed by atoms with Gasteiger partial charge in [-0.25, -0.2) is 0 Å². The molecule has 2 aromatic carbocycles. The molecule has 3 rings (SSSR count). The van der Waals surface area contributed by atoms with Crippen LogP contribution in [0, 0.1) is 0 Å². The number of ether oxygens (including phenoxy) is 4. The second-order valence-corrected chi connectivity index (χ2v) is 15.2. The van der Waals surface area contributed by atoms with Crippen LogP contribution in [0.25, 0.3) is 0 Å². The average molecular weight is 489 g/mol. The van der Waals surface area contributed by atoms with Gasteiger partial charge in [-0.05, 0) is 29.3 Å². The minimum absolute atomic E-state index is 0.0582. The van der Waals surface area contributed by atoms with E-state index in [0.29, 0.717) is 19.8 Å². The lowest BCUT2D eigenvalue weighted by atomic mass is 9.98. The van der Waals surface area contributed by atoms with Gasteiger partial charge in [0.2, 0.25) is 0 Å². The van der Waals surface area contributed by atoms with Crippen LogP contribution in [0.2, 0.25) is 18.1 Å². The predicted molar refractivity (Wildman–Crippen MR) is 135 cm³/mol. The largest absolute Gasteiger partial charge is 0.414 e. The highest BCUT2D eigenvalue weighted by Gasteiger charge is 2.48. The minimum atomic E-state index is -2.03. The van der Waals surface area contributed by atoms with Crippen molar-refractivity contribution in [2.45, 2.75) is 82.8 Å². The lowest BCUT2D eigenvalue weighted by Gasteiger charge is -2.45. The van der Waals surface area contributed by atoms with E-state index in [4.69, 9.17) is 23.4 Å². The number of hydrogen-bond acceptors (Lipinski definition) is 6. The van der Waals surface area contributed by atoms with Crippen LogP contribution in [-0.4, -0.2) is 57.8 Å². The number of rotatable bonds is 10. The highest BCUT2D eigenvalue weighted by molar-refractivity contribution is 6.74. The molecule has 34 heavy (non-hydrogen) atoms. The monoisotopic (exact) mass is 488 g/mol. The molecule has 0 spiro atoms. The lowest BCUT2D eigenvalue weighted by molar-refractivity contribution is -0.309.